The van der Waals surface area contributed by atoms with Gasteiger partial charge in [0.05, 0.1) is 11.0 Å². The Balaban J connectivity index is 1.86. The first-order chi connectivity index (χ1) is 13.4. The van der Waals surface area contributed by atoms with Gasteiger partial charge in [-0.25, -0.2) is 0 Å². The van der Waals surface area contributed by atoms with Crippen molar-refractivity contribution in [2.75, 3.05) is 5.32 Å². The van der Waals surface area contributed by atoms with Crippen molar-refractivity contribution in [3.05, 3.63) is 93.0 Å². The van der Waals surface area contributed by atoms with Gasteiger partial charge in [-0.15, -0.1) is 0 Å². The third-order valence-electron chi connectivity index (χ3n) is 4.11. The minimum Gasteiger partial charge on any atom is -0.491 e. The van der Waals surface area contributed by atoms with Crippen LogP contribution in [0, 0.1) is 10.1 Å². The van der Waals surface area contributed by atoms with E-state index < -0.39 is 0 Å². The largest absolute Gasteiger partial charge is 0.491 e. The van der Waals surface area contributed by atoms with E-state index in [1.54, 1.807) is 12.1 Å². The van der Waals surface area contributed by atoms with Crippen molar-refractivity contribution < 1.29 is 9.66 Å². The summed E-state index contributed by atoms with van der Waals surface area (Å²) in [7, 11) is 0. The molecule has 0 saturated carbocycles. The topological polar surface area (TPSA) is 64.4 Å². The van der Waals surface area contributed by atoms with Gasteiger partial charge in [0.2, 0.25) is 0 Å². The molecule has 5 nitrogen and oxygen atoms in total. The predicted molar refractivity (Wildman–Crippen MR) is 113 cm³/mol. The van der Waals surface area contributed by atoms with Gasteiger partial charge in [0.1, 0.15) is 5.75 Å². The van der Waals surface area contributed by atoms with E-state index in [-0.39, 0.29) is 16.7 Å². The number of benzene rings is 3. The molecule has 0 aliphatic carbocycles. The molecule has 1 N–H and O–H groups in total. The number of ether oxygens (including phenoxy) is 1. The molecule has 0 radical (unpaired) electrons. The Morgan fingerprint density at radius 2 is 1.71 bits per heavy atom. The minimum absolute atomic E-state index is 0.0650. The number of nitro benzene ring substituents is 1. The highest BCUT2D eigenvalue weighted by atomic mass is 35.5. The molecule has 0 aliphatic heterocycles. The van der Waals surface area contributed by atoms with Gasteiger partial charge in [-0.1, -0.05) is 23.7 Å². The molecule has 28 heavy (non-hydrogen) atoms. The maximum absolute atomic E-state index is 11.2. The molecule has 0 atom stereocenters. The number of hydrogen-bond donors (Lipinski definition) is 1. The van der Waals surface area contributed by atoms with Crippen molar-refractivity contribution in [3.8, 4) is 5.75 Å². The molecule has 144 valence electrons. The average molecular weight is 397 g/mol. The molecule has 3 aromatic rings. The molecular weight excluding hydrogens is 376 g/mol. The Labute approximate surface area is 169 Å². The van der Waals surface area contributed by atoms with Gasteiger partial charge in [0, 0.05) is 28.5 Å². The van der Waals surface area contributed by atoms with Crippen LogP contribution < -0.4 is 10.1 Å². The first-order valence-corrected chi connectivity index (χ1v) is 9.34. The van der Waals surface area contributed by atoms with E-state index in [2.05, 4.69) is 5.32 Å². The van der Waals surface area contributed by atoms with Gasteiger partial charge in [-0.05, 0) is 73.9 Å². The molecule has 0 heterocycles. The molecule has 0 spiro atoms. The molecule has 0 aliphatic rings. The second-order valence-corrected chi connectivity index (χ2v) is 7.15. The fraction of sp³-hybridized carbons (Fsp3) is 0.182. The molecular formula is C22H21ClN2O3. The van der Waals surface area contributed by atoms with E-state index in [4.69, 9.17) is 16.3 Å². The number of anilines is 2. The first kappa shape index (κ1) is 19.7. The third kappa shape index (κ3) is 5.24. The molecule has 0 unspecified atom stereocenters. The quantitative estimate of drug-likeness (QED) is 0.372. The lowest BCUT2D eigenvalue weighted by Crippen LogP contribution is -2.05. The van der Waals surface area contributed by atoms with Crippen LogP contribution in [0.1, 0.15) is 25.0 Å². The highest BCUT2D eigenvalue weighted by molar-refractivity contribution is 6.30. The summed E-state index contributed by atoms with van der Waals surface area (Å²) in [5.41, 5.74) is 3.61. The van der Waals surface area contributed by atoms with Crippen molar-refractivity contribution in [2.24, 2.45) is 0 Å². The van der Waals surface area contributed by atoms with E-state index in [0.717, 1.165) is 28.3 Å². The lowest BCUT2D eigenvalue weighted by molar-refractivity contribution is -0.384. The van der Waals surface area contributed by atoms with Gasteiger partial charge in [0.15, 0.2) is 0 Å². The van der Waals surface area contributed by atoms with E-state index in [9.17, 15) is 10.1 Å². The molecule has 0 aromatic heterocycles. The second kappa shape index (κ2) is 8.76. The summed E-state index contributed by atoms with van der Waals surface area (Å²) >= 11 is 5.95. The van der Waals surface area contributed by atoms with Crippen LogP contribution in [0.25, 0.3) is 0 Å². The third-order valence-corrected chi connectivity index (χ3v) is 4.36. The molecule has 0 fully saturated rings. The van der Waals surface area contributed by atoms with E-state index >= 15 is 0 Å². The summed E-state index contributed by atoms with van der Waals surface area (Å²) < 4.78 is 5.66. The van der Waals surface area contributed by atoms with Crippen molar-refractivity contribution in [1.29, 1.82) is 0 Å². The zero-order valence-corrected chi connectivity index (χ0v) is 16.4. The Morgan fingerprint density at radius 1 is 1.04 bits per heavy atom. The molecule has 3 aromatic carbocycles. The molecule has 6 heteroatoms. The van der Waals surface area contributed by atoms with Crippen LogP contribution in [0.5, 0.6) is 5.75 Å². The standard InChI is InChI=1S/C22H21ClN2O3/c1-15(2)28-21-10-7-19(8-11-21)24-22-12-9-20(25(26)27)14-17(22)13-16-3-5-18(23)6-4-16/h3-12,14-15,24H,13H2,1-2H3. The maximum atomic E-state index is 11.2. The minimum atomic E-state index is -0.382. The number of nitro groups is 1. The van der Waals surface area contributed by atoms with Crippen LogP contribution in [0.3, 0.4) is 0 Å². The summed E-state index contributed by atoms with van der Waals surface area (Å²) in [6.45, 7) is 3.96. The monoisotopic (exact) mass is 396 g/mol. The van der Waals surface area contributed by atoms with Gasteiger partial charge in [0.25, 0.3) is 5.69 Å². The molecule has 3 rings (SSSR count). The molecule has 0 amide bonds. The van der Waals surface area contributed by atoms with Crippen molar-refractivity contribution in [2.45, 2.75) is 26.4 Å². The summed E-state index contributed by atoms with van der Waals surface area (Å²) in [4.78, 5) is 10.8. The van der Waals surface area contributed by atoms with Crippen molar-refractivity contribution in [3.63, 3.8) is 0 Å². The van der Waals surface area contributed by atoms with Gasteiger partial charge < -0.3 is 10.1 Å². The van der Waals surface area contributed by atoms with Crippen LogP contribution in [-0.4, -0.2) is 11.0 Å². The van der Waals surface area contributed by atoms with Crippen LogP contribution in [0.15, 0.2) is 66.7 Å². The predicted octanol–water partition coefficient (Wildman–Crippen LogP) is 6.37. The van der Waals surface area contributed by atoms with Crippen molar-refractivity contribution in [1.82, 2.24) is 0 Å². The first-order valence-electron chi connectivity index (χ1n) is 8.96. The number of nitrogens with one attached hydrogen (secondary N) is 1. The second-order valence-electron chi connectivity index (χ2n) is 6.72. The summed E-state index contributed by atoms with van der Waals surface area (Å²) in [5, 5.41) is 15.2. The normalized spacial score (nSPS) is 10.7. The van der Waals surface area contributed by atoms with E-state index in [0.29, 0.717) is 11.4 Å². The Hall–Kier alpha value is -3.05. The van der Waals surface area contributed by atoms with Crippen LogP contribution >= 0.6 is 11.6 Å². The average Bonchev–Trinajstić information content (AvgIpc) is 2.66. The maximum Gasteiger partial charge on any atom is 0.269 e. The number of halogens is 1. The van der Waals surface area contributed by atoms with E-state index in [1.807, 2.05) is 62.4 Å². The Kier molecular flexibility index (Phi) is 6.16. The van der Waals surface area contributed by atoms with Crippen LogP contribution in [0.2, 0.25) is 5.02 Å². The molecule has 0 saturated heterocycles. The fourth-order valence-electron chi connectivity index (χ4n) is 2.83. The zero-order chi connectivity index (χ0) is 20.1. The lowest BCUT2D eigenvalue weighted by atomic mass is 10.0. The van der Waals surface area contributed by atoms with Crippen LogP contribution in [-0.2, 0) is 6.42 Å². The van der Waals surface area contributed by atoms with Crippen molar-refractivity contribution >= 4 is 28.7 Å². The zero-order valence-electron chi connectivity index (χ0n) is 15.7. The summed E-state index contributed by atoms with van der Waals surface area (Å²) in [6.07, 6.45) is 0.662. The number of non-ortho nitro benzene ring substituents is 1. The van der Waals surface area contributed by atoms with Gasteiger partial charge >= 0.3 is 0 Å². The lowest BCUT2D eigenvalue weighted by Gasteiger charge is -2.14. The summed E-state index contributed by atoms with van der Waals surface area (Å²) in [6, 6.07) is 19.9. The van der Waals surface area contributed by atoms with Gasteiger partial charge in [-0.3, -0.25) is 10.1 Å². The Bertz CT molecular complexity index is 955. The number of hydrogen-bond acceptors (Lipinski definition) is 4. The Morgan fingerprint density at radius 3 is 2.32 bits per heavy atom. The van der Waals surface area contributed by atoms with Gasteiger partial charge in [-0.2, -0.15) is 0 Å². The number of rotatable bonds is 7. The number of nitrogens with zero attached hydrogens (tertiary/aromatic N) is 1. The summed E-state index contributed by atoms with van der Waals surface area (Å²) in [5.74, 6) is 0.797. The van der Waals surface area contributed by atoms with E-state index in [1.165, 1.54) is 6.07 Å². The highest BCUT2D eigenvalue weighted by Gasteiger charge is 2.12. The SMILES string of the molecule is CC(C)Oc1ccc(Nc2ccc([N+](=O)[O-])cc2Cc2ccc(Cl)cc2)cc1. The smallest absolute Gasteiger partial charge is 0.269 e. The molecule has 0 bridgehead atoms. The highest BCUT2D eigenvalue weighted by Crippen LogP contribution is 2.28. The fourth-order valence-corrected chi connectivity index (χ4v) is 2.95. The van der Waals surface area contributed by atoms with Crippen LogP contribution in [0.4, 0.5) is 17.1 Å².